The van der Waals surface area contributed by atoms with Crippen molar-refractivity contribution in [3.05, 3.63) is 0 Å². The van der Waals surface area contributed by atoms with Crippen molar-refractivity contribution >= 4 is 35.8 Å². The van der Waals surface area contributed by atoms with Crippen molar-refractivity contribution in [2.45, 2.75) is 46.1 Å². The van der Waals surface area contributed by atoms with Crippen molar-refractivity contribution in [3.8, 4) is 0 Å². The number of hydrogen-bond donors (Lipinski definition) is 3. The van der Waals surface area contributed by atoms with Gasteiger partial charge in [-0.1, -0.05) is 13.8 Å². The van der Waals surface area contributed by atoms with Gasteiger partial charge in [-0.25, -0.2) is 0 Å². The average Bonchev–Trinajstić information content (AvgIpc) is 2.60. The Balaban J connectivity index is 0.00000625. The second kappa shape index (κ2) is 15.4. The molecule has 1 fully saturated rings. The highest BCUT2D eigenvalue weighted by Gasteiger charge is 2.19. The minimum absolute atomic E-state index is 0. The van der Waals surface area contributed by atoms with Crippen molar-refractivity contribution in [1.82, 2.24) is 20.9 Å². The molecule has 3 N–H and O–H groups in total. The smallest absolute Gasteiger partial charge is 0.222 e. The summed E-state index contributed by atoms with van der Waals surface area (Å²) in [4.78, 5) is 18.6. The standard InChI is InChI=1S/C18H37N5O2.HI/c1-5-19-18(21-10-9-20-17(24)15(2)3)22-16-7-12-23(13-8-16)11-6-14-25-4;/h15-16H,5-14H2,1-4H3,(H,20,24)(H2,19,21,22);1H. The highest BCUT2D eigenvalue weighted by molar-refractivity contribution is 14.0. The molecule has 7 nitrogen and oxygen atoms in total. The summed E-state index contributed by atoms with van der Waals surface area (Å²) in [6.45, 7) is 12.0. The topological polar surface area (TPSA) is 78.0 Å². The number of carbonyl (C=O) groups is 1. The number of guanidine groups is 1. The first kappa shape index (κ1) is 25.4. The quantitative estimate of drug-likeness (QED) is 0.190. The third-order valence-corrected chi connectivity index (χ3v) is 4.30. The summed E-state index contributed by atoms with van der Waals surface area (Å²) in [5.74, 6) is 0.942. The highest BCUT2D eigenvalue weighted by atomic mass is 127. The first-order chi connectivity index (χ1) is 12.1. The molecule has 0 aromatic rings. The molecule has 1 aliphatic heterocycles. The van der Waals surface area contributed by atoms with Crippen LogP contribution in [0.1, 0.15) is 40.0 Å². The first-order valence-corrected chi connectivity index (χ1v) is 9.60. The number of likely N-dealkylation sites (tertiary alicyclic amines) is 1. The minimum atomic E-state index is 0. The number of aliphatic imine (C=N–C) groups is 1. The lowest BCUT2D eigenvalue weighted by Gasteiger charge is -2.33. The van der Waals surface area contributed by atoms with E-state index in [-0.39, 0.29) is 35.8 Å². The SMILES string of the molecule is CCNC(=NCCNC(=O)C(C)C)NC1CCN(CCCOC)CC1.I. The number of piperidine rings is 1. The van der Waals surface area contributed by atoms with E-state index in [0.29, 0.717) is 19.1 Å². The fourth-order valence-electron chi connectivity index (χ4n) is 2.80. The Labute approximate surface area is 176 Å². The first-order valence-electron chi connectivity index (χ1n) is 9.60. The zero-order valence-electron chi connectivity index (χ0n) is 16.8. The van der Waals surface area contributed by atoms with Crippen LogP contribution in [0.25, 0.3) is 0 Å². The van der Waals surface area contributed by atoms with Gasteiger partial charge in [0.25, 0.3) is 0 Å². The lowest BCUT2D eigenvalue weighted by Crippen LogP contribution is -2.49. The molecule has 0 unspecified atom stereocenters. The van der Waals surface area contributed by atoms with E-state index < -0.39 is 0 Å². The summed E-state index contributed by atoms with van der Waals surface area (Å²) >= 11 is 0. The lowest BCUT2D eigenvalue weighted by molar-refractivity contribution is -0.123. The molecule has 1 rings (SSSR count). The fraction of sp³-hybridized carbons (Fsp3) is 0.889. The van der Waals surface area contributed by atoms with Gasteiger partial charge < -0.3 is 25.6 Å². The predicted octanol–water partition coefficient (Wildman–Crippen LogP) is 1.43. The monoisotopic (exact) mass is 483 g/mol. The molecule has 0 atom stereocenters. The van der Waals surface area contributed by atoms with Crippen molar-refractivity contribution in [2.75, 3.05) is 53.0 Å². The average molecular weight is 483 g/mol. The Morgan fingerprint density at radius 3 is 2.54 bits per heavy atom. The van der Waals surface area contributed by atoms with Gasteiger partial charge in [-0.05, 0) is 26.2 Å². The van der Waals surface area contributed by atoms with E-state index in [9.17, 15) is 4.79 Å². The molecule has 8 heteroatoms. The van der Waals surface area contributed by atoms with Crippen LogP contribution in [0.3, 0.4) is 0 Å². The Kier molecular flexibility index (Phi) is 15.1. The molecule has 1 aliphatic rings. The zero-order chi connectivity index (χ0) is 18.5. The molecule has 0 spiro atoms. The number of ether oxygens (including phenoxy) is 1. The van der Waals surface area contributed by atoms with Crippen LogP contribution in [0.15, 0.2) is 4.99 Å². The Morgan fingerprint density at radius 2 is 1.96 bits per heavy atom. The van der Waals surface area contributed by atoms with Crippen LogP contribution in [0.4, 0.5) is 0 Å². The highest BCUT2D eigenvalue weighted by Crippen LogP contribution is 2.10. The van der Waals surface area contributed by atoms with Crippen LogP contribution in [-0.4, -0.2) is 75.8 Å². The van der Waals surface area contributed by atoms with E-state index in [4.69, 9.17) is 4.74 Å². The number of nitrogens with one attached hydrogen (secondary N) is 3. The third-order valence-electron chi connectivity index (χ3n) is 4.30. The number of hydrogen-bond acceptors (Lipinski definition) is 4. The molecule has 0 radical (unpaired) electrons. The fourth-order valence-corrected chi connectivity index (χ4v) is 2.80. The predicted molar refractivity (Wildman–Crippen MR) is 118 cm³/mol. The van der Waals surface area contributed by atoms with Crippen LogP contribution in [0, 0.1) is 5.92 Å². The van der Waals surface area contributed by atoms with Crippen LogP contribution in [0.2, 0.25) is 0 Å². The van der Waals surface area contributed by atoms with E-state index in [1.807, 2.05) is 13.8 Å². The second-order valence-electron chi connectivity index (χ2n) is 6.81. The normalized spacial score (nSPS) is 16.3. The molecule has 1 heterocycles. The number of rotatable bonds is 10. The molecule has 0 saturated carbocycles. The number of amides is 1. The molecule has 0 aromatic carbocycles. The summed E-state index contributed by atoms with van der Waals surface area (Å²) < 4.78 is 5.12. The summed E-state index contributed by atoms with van der Waals surface area (Å²) in [5.41, 5.74) is 0. The van der Waals surface area contributed by atoms with Gasteiger partial charge >= 0.3 is 0 Å². The van der Waals surface area contributed by atoms with Crippen LogP contribution in [0.5, 0.6) is 0 Å². The number of methoxy groups -OCH3 is 1. The van der Waals surface area contributed by atoms with Crippen molar-refractivity contribution in [3.63, 3.8) is 0 Å². The Bertz CT molecular complexity index is 399. The van der Waals surface area contributed by atoms with Crippen molar-refractivity contribution in [1.29, 1.82) is 0 Å². The summed E-state index contributed by atoms with van der Waals surface area (Å²) in [6.07, 6.45) is 3.35. The van der Waals surface area contributed by atoms with E-state index >= 15 is 0 Å². The molecular weight excluding hydrogens is 445 g/mol. The zero-order valence-corrected chi connectivity index (χ0v) is 19.2. The molecule has 154 valence electrons. The van der Waals surface area contributed by atoms with Gasteiger partial charge in [-0.2, -0.15) is 0 Å². The number of nitrogens with zero attached hydrogens (tertiary/aromatic N) is 2. The van der Waals surface area contributed by atoms with Crippen LogP contribution >= 0.6 is 24.0 Å². The minimum Gasteiger partial charge on any atom is -0.385 e. The Hall–Kier alpha value is -0.610. The maximum atomic E-state index is 11.6. The molecule has 1 amide bonds. The van der Waals surface area contributed by atoms with Crippen molar-refractivity contribution < 1.29 is 9.53 Å². The summed E-state index contributed by atoms with van der Waals surface area (Å²) in [7, 11) is 1.76. The molecule has 0 aromatic heterocycles. The van der Waals surface area contributed by atoms with Crippen LogP contribution < -0.4 is 16.0 Å². The van der Waals surface area contributed by atoms with Gasteiger partial charge in [0, 0.05) is 58.4 Å². The van der Waals surface area contributed by atoms with Crippen molar-refractivity contribution in [2.24, 2.45) is 10.9 Å². The summed E-state index contributed by atoms with van der Waals surface area (Å²) in [5, 5.41) is 9.72. The molecule has 0 aliphatic carbocycles. The lowest BCUT2D eigenvalue weighted by atomic mass is 10.1. The maximum absolute atomic E-state index is 11.6. The largest absolute Gasteiger partial charge is 0.385 e. The number of carbonyl (C=O) groups excluding carboxylic acids is 1. The second-order valence-corrected chi connectivity index (χ2v) is 6.81. The molecule has 0 bridgehead atoms. The number of halogens is 1. The van der Waals surface area contributed by atoms with E-state index in [1.54, 1.807) is 7.11 Å². The summed E-state index contributed by atoms with van der Waals surface area (Å²) in [6, 6.07) is 0.460. The van der Waals surface area contributed by atoms with Gasteiger partial charge in [0.1, 0.15) is 0 Å². The maximum Gasteiger partial charge on any atom is 0.222 e. The third kappa shape index (κ3) is 11.2. The van der Waals surface area contributed by atoms with E-state index in [2.05, 4.69) is 32.8 Å². The molecule has 1 saturated heterocycles. The van der Waals surface area contributed by atoms with E-state index in [1.165, 1.54) is 0 Å². The van der Waals surface area contributed by atoms with Gasteiger partial charge in [0.2, 0.25) is 5.91 Å². The van der Waals surface area contributed by atoms with E-state index in [0.717, 1.165) is 58.0 Å². The van der Waals surface area contributed by atoms with Gasteiger partial charge in [-0.3, -0.25) is 9.79 Å². The molecular formula is C18H38IN5O2. The van der Waals surface area contributed by atoms with Gasteiger partial charge in [0.05, 0.1) is 6.54 Å². The van der Waals surface area contributed by atoms with Crippen LogP contribution in [-0.2, 0) is 9.53 Å². The van der Waals surface area contributed by atoms with Gasteiger partial charge in [0.15, 0.2) is 5.96 Å². The van der Waals surface area contributed by atoms with Gasteiger partial charge in [-0.15, -0.1) is 24.0 Å². The Morgan fingerprint density at radius 1 is 1.27 bits per heavy atom. The molecule has 26 heavy (non-hydrogen) atoms.